The third-order valence-electron chi connectivity index (χ3n) is 7.09. The van der Waals surface area contributed by atoms with Gasteiger partial charge in [-0.05, 0) is 33.2 Å². The average Bonchev–Trinajstić information content (AvgIpc) is 3.71. The van der Waals surface area contributed by atoms with Gasteiger partial charge in [0, 0.05) is 11.0 Å². The van der Waals surface area contributed by atoms with E-state index in [9.17, 15) is 0 Å². The molecule has 4 bridgehead atoms. The Morgan fingerprint density at radius 2 is 1.40 bits per heavy atom. The van der Waals surface area contributed by atoms with Crippen LogP contribution in [0.25, 0.3) is 59.5 Å². The topological polar surface area (TPSA) is 4.93 Å². The summed E-state index contributed by atoms with van der Waals surface area (Å²) in [6, 6.07) is 42.8. The van der Waals surface area contributed by atoms with E-state index in [-0.39, 0.29) is 51.0 Å². The molecule has 0 aliphatic heterocycles. The molecular formula is C34H20Br2Cl3NSZr. The average molecular weight is 832 g/mol. The minimum atomic E-state index is 0. The fourth-order valence-electron chi connectivity index (χ4n) is 5.22. The number of aromatic nitrogens is 1. The van der Waals surface area contributed by atoms with E-state index in [0.717, 1.165) is 23.8 Å². The second-order valence-electron chi connectivity index (χ2n) is 9.45. The second-order valence-corrected chi connectivity index (χ2v) is 12.9. The number of nitrogens with zero attached hydrogens (tertiary/aromatic N) is 1. The fourth-order valence-corrected chi connectivity index (χ4v) is 7.24. The zero-order chi connectivity index (χ0) is 26.5. The summed E-state index contributed by atoms with van der Waals surface area (Å²) in [5, 5.41) is 8.68. The van der Waals surface area contributed by atoms with Gasteiger partial charge in [0.2, 0.25) is 0 Å². The Bertz CT molecular complexity index is 2110. The van der Waals surface area contributed by atoms with Gasteiger partial charge in [0.05, 0.1) is 4.34 Å². The Labute approximate surface area is 301 Å². The molecule has 0 radical (unpaired) electrons. The van der Waals surface area contributed by atoms with Crippen LogP contribution in [0, 0.1) is 0 Å². The molecule has 42 heavy (non-hydrogen) atoms. The molecule has 0 unspecified atom stereocenters. The van der Waals surface area contributed by atoms with Crippen molar-refractivity contribution in [2.45, 2.75) is 0 Å². The summed E-state index contributed by atoms with van der Waals surface area (Å²) >= 11 is 15.1. The monoisotopic (exact) mass is 827 g/mol. The van der Waals surface area contributed by atoms with Crippen molar-refractivity contribution in [1.29, 1.82) is 0 Å². The van der Waals surface area contributed by atoms with Crippen LogP contribution in [0.5, 0.6) is 0 Å². The van der Waals surface area contributed by atoms with E-state index in [1.807, 2.05) is 12.1 Å². The van der Waals surface area contributed by atoms with Gasteiger partial charge in [0.1, 0.15) is 5.00 Å². The smallest absolute Gasteiger partial charge is 1.00 e. The Morgan fingerprint density at radius 3 is 2.10 bits per heavy atom. The molecule has 9 rings (SSSR count). The van der Waals surface area contributed by atoms with Crippen molar-refractivity contribution < 1.29 is 51.0 Å². The predicted octanol–water partition coefficient (Wildman–Crippen LogP) is 6.13. The number of rotatable bonds is 2. The maximum absolute atomic E-state index is 6.19. The van der Waals surface area contributed by atoms with Gasteiger partial charge in [-0.15, -0.1) is 94.6 Å². The molecule has 0 aliphatic carbocycles. The number of fused-ring (bicyclic) bond motifs is 3. The maximum Gasteiger partial charge on any atom is 4.00 e. The van der Waals surface area contributed by atoms with Gasteiger partial charge in [-0.3, -0.25) is 0 Å². The summed E-state index contributed by atoms with van der Waals surface area (Å²) in [7, 11) is 0. The summed E-state index contributed by atoms with van der Waals surface area (Å²) < 4.78 is 5.37. The first-order chi connectivity index (χ1) is 19.0. The number of thiophene rings is 1. The van der Waals surface area contributed by atoms with E-state index in [4.69, 9.17) is 11.6 Å². The minimum absolute atomic E-state index is 0. The van der Waals surface area contributed by atoms with Gasteiger partial charge in [-0.2, -0.15) is 0 Å². The SMILES string of the molecule is Brc1cccc2cc(-c3ccccc3)[cH-]c12.Clc1ccc(-n2c3ccc(cc3)c3cc4c([cH-]3)c(Br)ccc42)s1.[Cl-].[Cl-].[Zr+4]. The number of hydrogen-bond acceptors (Lipinski definition) is 1. The molecule has 0 amide bonds. The number of halogens is 5. The summed E-state index contributed by atoms with van der Waals surface area (Å²) in [4.78, 5) is 0. The standard InChI is InChI=1S/C19H10BrClNS.C15H10Br.2ClH.Zr/c20-16-5-6-17-15-10-12(9-14(15)16)11-1-3-13(4-2-11)22(17)19-8-7-18(21)23-19;16-15-8-4-7-12-9-13(10-14(12)15)11-5-2-1-3-6-11;;;/h1-10H;1-10H;2*1H;/q2*-1;;;+4/p-2. The van der Waals surface area contributed by atoms with E-state index in [1.165, 1.54) is 49.0 Å². The molecule has 8 heteroatoms. The Morgan fingerprint density at radius 1 is 0.667 bits per heavy atom. The molecule has 0 spiro atoms. The van der Waals surface area contributed by atoms with Gasteiger partial charge in [-0.25, -0.2) is 0 Å². The molecule has 6 aromatic carbocycles. The van der Waals surface area contributed by atoms with Crippen molar-refractivity contribution >= 4 is 98.1 Å². The third-order valence-corrected chi connectivity index (χ3v) is 9.69. The van der Waals surface area contributed by atoms with Crippen LogP contribution in [-0.4, -0.2) is 4.57 Å². The van der Waals surface area contributed by atoms with E-state index >= 15 is 0 Å². The molecule has 206 valence electrons. The molecule has 9 aromatic rings. The summed E-state index contributed by atoms with van der Waals surface area (Å²) in [6.45, 7) is 0. The van der Waals surface area contributed by atoms with Gasteiger partial charge in [-0.1, -0.05) is 101 Å². The van der Waals surface area contributed by atoms with Crippen molar-refractivity contribution in [3.63, 3.8) is 0 Å². The van der Waals surface area contributed by atoms with Crippen LogP contribution in [-0.2, 0) is 26.2 Å². The zero-order valence-corrected chi connectivity index (χ0v) is 30.5. The van der Waals surface area contributed by atoms with Gasteiger partial charge in [0.25, 0.3) is 0 Å². The molecule has 0 N–H and O–H groups in total. The zero-order valence-electron chi connectivity index (χ0n) is 21.8. The predicted molar refractivity (Wildman–Crippen MR) is 177 cm³/mol. The number of hydrogen-bond donors (Lipinski definition) is 0. The van der Waals surface area contributed by atoms with Crippen LogP contribution in [0.4, 0.5) is 0 Å². The first kappa shape index (κ1) is 33.2. The van der Waals surface area contributed by atoms with Crippen molar-refractivity contribution in [1.82, 2.24) is 4.57 Å². The van der Waals surface area contributed by atoms with Crippen LogP contribution in [0.15, 0.2) is 130 Å². The van der Waals surface area contributed by atoms with E-state index < -0.39 is 0 Å². The second kappa shape index (κ2) is 14.0. The molecule has 0 saturated carbocycles. The fraction of sp³-hybridized carbons (Fsp3) is 0. The summed E-state index contributed by atoms with van der Waals surface area (Å²) in [6.07, 6.45) is 0. The molecule has 0 atom stereocenters. The van der Waals surface area contributed by atoms with E-state index in [2.05, 4.69) is 146 Å². The maximum atomic E-state index is 6.19. The van der Waals surface area contributed by atoms with Crippen molar-refractivity contribution in [3.05, 3.63) is 135 Å². The molecule has 3 heterocycles. The Hall–Kier alpha value is -1.69. The van der Waals surface area contributed by atoms with Crippen LogP contribution in [0.1, 0.15) is 0 Å². The first-order valence-corrected chi connectivity index (χ1v) is 15.3. The summed E-state index contributed by atoms with van der Waals surface area (Å²) in [5.41, 5.74) is 4.88. The van der Waals surface area contributed by atoms with Gasteiger partial charge in [0.15, 0.2) is 0 Å². The third kappa shape index (κ3) is 6.26. The minimum Gasteiger partial charge on any atom is -1.00 e. The normalized spacial score (nSPS) is 10.6. The van der Waals surface area contributed by atoms with Gasteiger partial charge < -0.3 is 29.4 Å². The first-order valence-electron chi connectivity index (χ1n) is 12.5. The Balaban J connectivity index is 0.000000190. The van der Waals surface area contributed by atoms with E-state index in [0.29, 0.717) is 0 Å². The van der Waals surface area contributed by atoms with Crippen LogP contribution in [0.2, 0.25) is 4.34 Å². The quantitative estimate of drug-likeness (QED) is 0.185. The summed E-state index contributed by atoms with van der Waals surface area (Å²) in [5.74, 6) is 0. The molecular weight excluding hydrogens is 812 g/mol. The molecule has 0 saturated heterocycles. The van der Waals surface area contributed by atoms with Crippen LogP contribution < -0.4 is 24.8 Å². The van der Waals surface area contributed by atoms with Crippen molar-refractivity contribution in [2.24, 2.45) is 0 Å². The Kier molecular flexibility index (Phi) is 11.0. The van der Waals surface area contributed by atoms with Gasteiger partial charge >= 0.3 is 26.2 Å². The van der Waals surface area contributed by atoms with Crippen LogP contribution >= 0.6 is 54.8 Å². The number of benzene rings is 4. The molecule has 0 aliphatic rings. The molecule has 0 fully saturated rings. The largest absolute Gasteiger partial charge is 4.00 e. The van der Waals surface area contributed by atoms with Crippen molar-refractivity contribution in [2.75, 3.05) is 0 Å². The molecule has 3 aromatic heterocycles. The van der Waals surface area contributed by atoms with Crippen molar-refractivity contribution in [3.8, 4) is 16.1 Å². The van der Waals surface area contributed by atoms with E-state index in [1.54, 1.807) is 11.3 Å². The molecule has 1 nitrogen and oxygen atoms in total. The van der Waals surface area contributed by atoms with Crippen LogP contribution in [0.3, 0.4) is 0 Å².